The fraction of sp³-hybridized carbons (Fsp3) is 0.200. The molecule has 0 aliphatic heterocycles. The van der Waals surface area contributed by atoms with Gasteiger partial charge in [-0.3, -0.25) is 0 Å². The Hall–Kier alpha value is -1.38. The third-order valence-electron chi connectivity index (χ3n) is 2.97. The molecule has 0 saturated carbocycles. The van der Waals surface area contributed by atoms with Crippen molar-refractivity contribution in [3.05, 3.63) is 70.0 Å². The number of aryl methyl sites for hydroxylation is 1. The van der Waals surface area contributed by atoms with Gasteiger partial charge < -0.3 is 5.11 Å². The van der Waals surface area contributed by atoms with E-state index in [4.69, 9.17) is 11.6 Å². The van der Waals surface area contributed by atoms with Crippen molar-refractivity contribution in [3.63, 3.8) is 0 Å². The Morgan fingerprint density at radius 2 is 1.94 bits per heavy atom. The van der Waals surface area contributed by atoms with E-state index in [0.717, 1.165) is 11.1 Å². The van der Waals surface area contributed by atoms with E-state index in [9.17, 15) is 9.50 Å². The average Bonchev–Trinajstić information content (AvgIpc) is 2.35. The van der Waals surface area contributed by atoms with E-state index < -0.39 is 6.10 Å². The minimum Gasteiger partial charge on any atom is -0.388 e. The maximum Gasteiger partial charge on any atom is 0.126 e. The molecular weight excluding hydrogens is 251 g/mol. The second-order valence-corrected chi connectivity index (χ2v) is 4.75. The summed E-state index contributed by atoms with van der Waals surface area (Å²) >= 11 is 5.91. The number of benzene rings is 2. The lowest BCUT2D eigenvalue weighted by atomic mass is 9.97. The Balaban J connectivity index is 2.25. The van der Waals surface area contributed by atoms with Crippen molar-refractivity contribution in [1.82, 2.24) is 0 Å². The van der Waals surface area contributed by atoms with E-state index in [1.807, 2.05) is 13.0 Å². The third-order valence-corrected chi connectivity index (χ3v) is 3.21. The molecule has 2 aromatic rings. The van der Waals surface area contributed by atoms with Gasteiger partial charge in [-0.15, -0.1) is 0 Å². The van der Waals surface area contributed by atoms with Crippen LogP contribution in [0.2, 0.25) is 5.02 Å². The molecule has 2 aromatic carbocycles. The summed E-state index contributed by atoms with van der Waals surface area (Å²) in [6.45, 7) is 1.90. The molecule has 0 radical (unpaired) electrons. The van der Waals surface area contributed by atoms with Crippen LogP contribution in [-0.2, 0) is 6.42 Å². The lowest BCUT2D eigenvalue weighted by molar-refractivity contribution is 0.176. The zero-order valence-electron chi connectivity index (χ0n) is 10.0. The Bertz CT molecular complexity index is 554. The molecule has 0 bridgehead atoms. The zero-order valence-corrected chi connectivity index (χ0v) is 10.8. The molecule has 1 N–H and O–H groups in total. The van der Waals surface area contributed by atoms with Gasteiger partial charge in [-0.1, -0.05) is 35.9 Å². The van der Waals surface area contributed by atoms with E-state index >= 15 is 0 Å². The van der Waals surface area contributed by atoms with Gasteiger partial charge in [-0.25, -0.2) is 4.39 Å². The lowest BCUT2D eigenvalue weighted by Gasteiger charge is -2.14. The van der Waals surface area contributed by atoms with Crippen LogP contribution < -0.4 is 0 Å². The smallest absolute Gasteiger partial charge is 0.126 e. The molecule has 0 amide bonds. The Morgan fingerprint density at radius 1 is 1.22 bits per heavy atom. The van der Waals surface area contributed by atoms with Crippen molar-refractivity contribution in [1.29, 1.82) is 0 Å². The molecule has 0 aliphatic carbocycles. The maximum atomic E-state index is 13.5. The number of aliphatic hydroxyl groups is 1. The minimum absolute atomic E-state index is 0.244. The standard InChI is InChI=1S/C15H14ClFO/c1-10-6-7-12(16)9-13(10)15(18)8-11-4-2-3-5-14(11)17/h2-7,9,15,18H,8H2,1H3. The normalized spacial score (nSPS) is 12.4. The molecule has 0 aromatic heterocycles. The summed E-state index contributed by atoms with van der Waals surface area (Å²) in [5.41, 5.74) is 2.19. The number of rotatable bonds is 3. The van der Waals surface area contributed by atoms with Gasteiger partial charge in [-0.05, 0) is 41.8 Å². The highest BCUT2D eigenvalue weighted by Crippen LogP contribution is 2.25. The maximum absolute atomic E-state index is 13.5. The van der Waals surface area contributed by atoms with Gasteiger partial charge in [0.1, 0.15) is 5.82 Å². The second-order valence-electron chi connectivity index (χ2n) is 4.31. The number of halogens is 2. The summed E-state index contributed by atoms with van der Waals surface area (Å²) in [5, 5.41) is 10.8. The third kappa shape index (κ3) is 2.89. The summed E-state index contributed by atoms with van der Waals surface area (Å²) in [4.78, 5) is 0. The van der Waals surface area contributed by atoms with Crippen molar-refractivity contribution in [2.24, 2.45) is 0 Å². The van der Waals surface area contributed by atoms with Crippen LogP contribution in [0.15, 0.2) is 42.5 Å². The average molecular weight is 265 g/mol. The molecule has 0 spiro atoms. The van der Waals surface area contributed by atoms with Crippen molar-refractivity contribution in [3.8, 4) is 0 Å². The Morgan fingerprint density at radius 3 is 2.67 bits per heavy atom. The van der Waals surface area contributed by atoms with Gasteiger partial charge in [0.2, 0.25) is 0 Å². The highest BCUT2D eigenvalue weighted by Gasteiger charge is 2.13. The summed E-state index contributed by atoms with van der Waals surface area (Å²) in [6.07, 6.45) is -0.506. The molecule has 0 fully saturated rings. The first-order valence-electron chi connectivity index (χ1n) is 5.75. The van der Waals surface area contributed by atoms with Gasteiger partial charge in [-0.2, -0.15) is 0 Å². The molecule has 0 aliphatic rings. The molecule has 94 valence electrons. The van der Waals surface area contributed by atoms with E-state index in [1.54, 1.807) is 30.3 Å². The van der Waals surface area contributed by atoms with Crippen LogP contribution in [0, 0.1) is 12.7 Å². The van der Waals surface area contributed by atoms with E-state index in [1.165, 1.54) is 6.07 Å². The van der Waals surface area contributed by atoms with Crippen LogP contribution >= 0.6 is 11.6 Å². The largest absolute Gasteiger partial charge is 0.388 e. The van der Waals surface area contributed by atoms with E-state index in [0.29, 0.717) is 10.6 Å². The molecule has 0 saturated heterocycles. The summed E-state index contributed by atoms with van der Waals surface area (Å²) < 4.78 is 13.5. The van der Waals surface area contributed by atoms with Gasteiger partial charge in [0, 0.05) is 11.4 Å². The van der Waals surface area contributed by atoms with E-state index in [2.05, 4.69) is 0 Å². The molecule has 1 atom stereocenters. The van der Waals surface area contributed by atoms with Crippen molar-refractivity contribution in [2.75, 3.05) is 0 Å². The van der Waals surface area contributed by atoms with E-state index in [-0.39, 0.29) is 12.2 Å². The first-order valence-corrected chi connectivity index (χ1v) is 6.13. The highest BCUT2D eigenvalue weighted by atomic mass is 35.5. The van der Waals surface area contributed by atoms with Crippen molar-refractivity contribution < 1.29 is 9.50 Å². The Labute approximate surface area is 111 Å². The molecule has 3 heteroatoms. The van der Waals surface area contributed by atoms with Gasteiger partial charge in [0.15, 0.2) is 0 Å². The second kappa shape index (κ2) is 5.51. The number of hydrogen-bond donors (Lipinski definition) is 1. The topological polar surface area (TPSA) is 20.2 Å². The molecule has 1 unspecified atom stereocenters. The van der Waals surface area contributed by atoms with Gasteiger partial charge >= 0.3 is 0 Å². The number of hydrogen-bond acceptors (Lipinski definition) is 1. The first-order chi connectivity index (χ1) is 8.58. The highest BCUT2D eigenvalue weighted by molar-refractivity contribution is 6.30. The molecule has 18 heavy (non-hydrogen) atoms. The zero-order chi connectivity index (χ0) is 13.1. The van der Waals surface area contributed by atoms with Gasteiger partial charge in [0.25, 0.3) is 0 Å². The first kappa shape index (κ1) is 13.1. The van der Waals surface area contributed by atoms with Crippen molar-refractivity contribution in [2.45, 2.75) is 19.4 Å². The predicted octanol–water partition coefficient (Wildman–Crippen LogP) is 4.06. The monoisotopic (exact) mass is 264 g/mol. The summed E-state index contributed by atoms with van der Waals surface area (Å²) in [6, 6.07) is 11.8. The van der Waals surface area contributed by atoms with Crippen LogP contribution in [0.3, 0.4) is 0 Å². The van der Waals surface area contributed by atoms with Crippen LogP contribution in [-0.4, -0.2) is 5.11 Å². The SMILES string of the molecule is Cc1ccc(Cl)cc1C(O)Cc1ccccc1F. The van der Waals surface area contributed by atoms with Crippen LogP contribution in [0.4, 0.5) is 4.39 Å². The molecular formula is C15H14ClFO. The Kier molecular flexibility index (Phi) is 4.00. The number of aliphatic hydroxyl groups excluding tert-OH is 1. The molecule has 0 heterocycles. The van der Waals surface area contributed by atoms with Crippen LogP contribution in [0.25, 0.3) is 0 Å². The minimum atomic E-state index is -0.749. The van der Waals surface area contributed by atoms with Crippen LogP contribution in [0.1, 0.15) is 22.8 Å². The lowest BCUT2D eigenvalue weighted by Crippen LogP contribution is -2.05. The quantitative estimate of drug-likeness (QED) is 0.886. The fourth-order valence-electron chi connectivity index (χ4n) is 1.95. The van der Waals surface area contributed by atoms with Crippen molar-refractivity contribution >= 4 is 11.6 Å². The van der Waals surface area contributed by atoms with Gasteiger partial charge in [0.05, 0.1) is 6.10 Å². The summed E-state index contributed by atoms with van der Waals surface area (Å²) in [7, 11) is 0. The summed E-state index contributed by atoms with van der Waals surface area (Å²) in [5.74, 6) is -0.295. The predicted molar refractivity (Wildman–Crippen MR) is 71.3 cm³/mol. The molecule has 2 rings (SSSR count). The molecule has 1 nitrogen and oxygen atoms in total. The fourth-order valence-corrected chi connectivity index (χ4v) is 2.13. The van der Waals surface area contributed by atoms with Crippen LogP contribution in [0.5, 0.6) is 0 Å².